The van der Waals surface area contributed by atoms with Crippen LogP contribution in [0, 0.1) is 6.92 Å². The number of aliphatic hydroxyl groups is 1. The average Bonchev–Trinajstić information content (AvgIpc) is 3.42. The molecule has 37 heavy (non-hydrogen) atoms. The number of aryl methyl sites for hydroxylation is 1. The second-order valence-electron chi connectivity index (χ2n) is 9.91. The zero-order valence-electron chi connectivity index (χ0n) is 20.2. The van der Waals surface area contributed by atoms with E-state index in [0.29, 0.717) is 41.4 Å². The van der Waals surface area contributed by atoms with Crippen molar-refractivity contribution in [3.8, 4) is 5.75 Å². The van der Waals surface area contributed by atoms with Gasteiger partial charge in [-0.25, -0.2) is 9.97 Å². The van der Waals surface area contributed by atoms with E-state index in [1.807, 2.05) is 35.2 Å². The van der Waals surface area contributed by atoms with Gasteiger partial charge in [0.25, 0.3) is 0 Å². The predicted octanol–water partition coefficient (Wildman–Crippen LogP) is 3.63. The second-order valence-corrected chi connectivity index (χ2v) is 10.3. The molecule has 0 bridgehead atoms. The van der Waals surface area contributed by atoms with Crippen LogP contribution in [0.5, 0.6) is 5.75 Å². The Hall–Kier alpha value is -3.89. The van der Waals surface area contributed by atoms with Crippen LogP contribution >= 0.6 is 11.6 Å². The van der Waals surface area contributed by atoms with E-state index in [2.05, 4.69) is 36.9 Å². The van der Waals surface area contributed by atoms with Gasteiger partial charge in [0, 0.05) is 30.1 Å². The molecule has 2 fully saturated rings. The van der Waals surface area contributed by atoms with Crippen molar-refractivity contribution in [1.82, 2.24) is 20.2 Å². The molecule has 1 saturated heterocycles. The maximum Gasteiger partial charge on any atom is 0.235 e. The number of benzene rings is 2. The number of aromatic nitrogens is 4. The highest BCUT2D eigenvalue weighted by molar-refractivity contribution is 6.35. The number of aromatic amines is 1. The van der Waals surface area contributed by atoms with Crippen molar-refractivity contribution in [2.45, 2.75) is 30.8 Å². The van der Waals surface area contributed by atoms with Crippen LogP contribution in [-0.4, -0.2) is 57.5 Å². The lowest BCUT2D eigenvalue weighted by Gasteiger charge is -2.37. The molecule has 3 aliphatic rings. The second kappa shape index (κ2) is 7.80. The van der Waals surface area contributed by atoms with Gasteiger partial charge < -0.3 is 25.4 Å². The average molecular weight is 518 g/mol. The Labute approximate surface area is 217 Å². The minimum Gasteiger partial charge on any atom is -0.497 e. The standard InChI is InChI=1S/C26H24ClN7O3/c1-12-28-23(21(27)24(29-12)34-10-14(35)11-34)31-22-16-5-3-13(7-20(16)32-33-22)18-9-26(18)17-8-15(37-2)4-6-19(17)30-25(26)36/h3-8,14,18,35H,9-11H2,1-2H3,(H,30,36)(H2,28,29,31,32,33)/t18-,26-/m0/s1. The molecule has 7 rings (SSSR count). The van der Waals surface area contributed by atoms with Gasteiger partial charge in [0.15, 0.2) is 17.5 Å². The number of carbonyl (C=O) groups excluding carboxylic acids is 1. The van der Waals surface area contributed by atoms with Crippen LogP contribution in [0.1, 0.15) is 29.3 Å². The molecule has 1 amide bonds. The number of ether oxygens (including phenoxy) is 1. The molecule has 0 radical (unpaired) electrons. The molecule has 4 N–H and O–H groups in total. The number of hydrogen-bond donors (Lipinski definition) is 4. The van der Waals surface area contributed by atoms with Crippen LogP contribution < -0.4 is 20.3 Å². The maximum absolute atomic E-state index is 13.0. The number of nitrogens with one attached hydrogen (secondary N) is 3. The highest BCUT2D eigenvalue weighted by Gasteiger charge is 2.65. The molecule has 2 aromatic carbocycles. The van der Waals surface area contributed by atoms with Crippen molar-refractivity contribution < 1.29 is 14.6 Å². The molecule has 4 aromatic rings. The van der Waals surface area contributed by atoms with Gasteiger partial charge in [0.05, 0.1) is 24.1 Å². The lowest BCUT2D eigenvalue weighted by molar-refractivity contribution is -0.118. The summed E-state index contributed by atoms with van der Waals surface area (Å²) >= 11 is 6.63. The first-order valence-corrected chi connectivity index (χ1v) is 12.5. The SMILES string of the molecule is COc1ccc2c(c1)[C@]1(C[C@H]1c1ccc3c(Nc4nc(C)nc(N5CC(O)C5)c4Cl)n[nH]c3c1)C(=O)N2. The number of carbonyl (C=O) groups is 1. The van der Waals surface area contributed by atoms with Crippen LogP contribution in [0.3, 0.4) is 0 Å². The van der Waals surface area contributed by atoms with Gasteiger partial charge in [-0.3, -0.25) is 9.89 Å². The molecule has 188 valence electrons. The third-order valence-electron chi connectivity index (χ3n) is 7.65. The predicted molar refractivity (Wildman–Crippen MR) is 140 cm³/mol. The first kappa shape index (κ1) is 22.3. The van der Waals surface area contributed by atoms with Crippen molar-refractivity contribution >= 4 is 51.6 Å². The molecular formula is C26H24ClN7O3. The van der Waals surface area contributed by atoms with Gasteiger partial charge >= 0.3 is 0 Å². The fourth-order valence-corrected chi connectivity index (χ4v) is 5.88. The number of rotatable bonds is 5. The number of anilines is 4. The van der Waals surface area contributed by atoms with Gasteiger partial charge in [-0.2, -0.15) is 5.10 Å². The number of amides is 1. The van der Waals surface area contributed by atoms with Gasteiger partial charge in [0.1, 0.15) is 16.6 Å². The lowest BCUT2D eigenvalue weighted by Crippen LogP contribution is -2.51. The van der Waals surface area contributed by atoms with Crippen molar-refractivity contribution in [3.63, 3.8) is 0 Å². The van der Waals surface area contributed by atoms with Gasteiger partial charge in [-0.05, 0) is 54.8 Å². The number of hydrogen-bond acceptors (Lipinski definition) is 8. The largest absolute Gasteiger partial charge is 0.497 e. The topological polar surface area (TPSA) is 128 Å². The number of aliphatic hydroxyl groups excluding tert-OH is 1. The number of nitrogens with zero attached hydrogens (tertiary/aromatic N) is 4. The number of halogens is 1. The lowest BCUT2D eigenvalue weighted by atomic mass is 9.91. The van der Waals surface area contributed by atoms with E-state index in [0.717, 1.165) is 39.9 Å². The summed E-state index contributed by atoms with van der Waals surface area (Å²) in [6, 6.07) is 11.8. The van der Waals surface area contributed by atoms with E-state index < -0.39 is 5.41 Å². The summed E-state index contributed by atoms with van der Waals surface area (Å²) in [7, 11) is 1.63. The van der Waals surface area contributed by atoms with Crippen LogP contribution in [0.2, 0.25) is 5.02 Å². The van der Waals surface area contributed by atoms with E-state index in [1.165, 1.54) is 0 Å². The summed E-state index contributed by atoms with van der Waals surface area (Å²) in [6.07, 6.45) is 0.372. The zero-order valence-corrected chi connectivity index (χ0v) is 20.9. The first-order chi connectivity index (χ1) is 17.9. The number of methoxy groups -OCH3 is 1. The van der Waals surface area contributed by atoms with Crippen LogP contribution in [0.4, 0.5) is 23.1 Å². The van der Waals surface area contributed by atoms with E-state index >= 15 is 0 Å². The number of fused-ring (bicyclic) bond motifs is 3. The summed E-state index contributed by atoms with van der Waals surface area (Å²) in [5, 5.41) is 24.8. The maximum atomic E-state index is 13.0. The quantitative estimate of drug-likeness (QED) is 0.316. The fraction of sp³-hybridized carbons (Fsp3) is 0.308. The molecule has 1 spiro atoms. The molecule has 1 aliphatic carbocycles. The monoisotopic (exact) mass is 517 g/mol. The van der Waals surface area contributed by atoms with Gasteiger partial charge in [0.2, 0.25) is 5.91 Å². The Kier molecular flexibility index (Phi) is 4.71. The Morgan fingerprint density at radius 1 is 1.19 bits per heavy atom. The molecule has 2 aliphatic heterocycles. The third kappa shape index (κ3) is 3.29. The molecule has 4 heterocycles. The van der Waals surface area contributed by atoms with Crippen molar-refractivity contribution in [2.24, 2.45) is 0 Å². The highest BCUT2D eigenvalue weighted by atomic mass is 35.5. The number of β-amino-alcohol motifs (C(OH)–C–C–N with tert-alkyl or cyclic N) is 1. The summed E-state index contributed by atoms with van der Waals surface area (Å²) in [5.74, 6) is 3.05. The van der Waals surface area contributed by atoms with E-state index in [9.17, 15) is 9.90 Å². The summed E-state index contributed by atoms with van der Waals surface area (Å²) in [6.45, 7) is 2.78. The Morgan fingerprint density at radius 3 is 2.81 bits per heavy atom. The highest BCUT2D eigenvalue weighted by Crippen LogP contribution is 2.65. The number of H-pyrrole nitrogens is 1. The molecule has 10 nitrogen and oxygen atoms in total. The summed E-state index contributed by atoms with van der Waals surface area (Å²) < 4.78 is 5.40. The van der Waals surface area contributed by atoms with E-state index in [4.69, 9.17) is 16.3 Å². The van der Waals surface area contributed by atoms with E-state index in [-0.39, 0.29) is 17.9 Å². The molecule has 1 saturated carbocycles. The first-order valence-electron chi connectivity index (χ1n) is 12.1. The molecular weight excluding hydrogens is 494 g/mol. The normalized spacial score (nSPS) is 22.2. The molecule has 2 atom stereocenters. The summed E-state index contributed by atoms with van der Waals surface area (Å²) in [5.41, 5.74) is 3.20. The minimum absolute atomic E-state index is 0.0344. The fourth-order valence-electron chi connectivity index (χ4n) is 5.62. The van der Waals surface area contributed by atoms with Crippen molar-refractivity contribution in [2.75, 3.05) is 35.7 Å². The molecule has 0 unspecified atom stereocenters. The van der Waals surface area contributed by atoms with Crippen LogP contribution in [0.15, 0.2) is 36.4 Å². The zero-order chi connectivity index (χ0) is 25.5. The Balaban J connectivity index is 1.18. The van der Waals surface area contributed by atoms with Gasteiger partial charge in [-0.1, -0.05) is 17.7 Å². The third-order valence-corrected chi connectivity index (χ3v) is 8.00. The van der Waals surface area contributed by atoms with Crippen molar-refractivity contribution in [1.29, 1.82) is 0 Å². The Morgan fingerprint density at radius 2 is 2.03 bits per heavy atom. The van der Waals surface area contributed by atoms with Crippen LogP contribution in [0.25, 0.3) is 10.9 Å². The summed E-state index contributed by atoms with van der Waals surface area (Å²) in [4.78, 5) is 23.9. The Bertz CT molecular complexity index is 1600. The minimum atomic E-state index is -0.564. The smallest absolute Gasteiger partial charge is 0.235 e. The molecule has 11 heteroatoms. The van der Waals surface area contributed by atoms with Crippen LogP contribution in [-0.2, 0) is 10.2 Å². The van der Waals surface area contributed by atoms with Crippen molar-refractivity contribution in [3.05, 3.63) is 58.4 Å². The van der Waals surface area contributed by atoms with E-state index in [1.54, 1.807) is 14.0 Å². The van der Waals surface area contributed by atoms with Gasteiger partial charge in [-0.15, -0.1) is 0 Å². The molecule has 2 aromatic heterocycles.